The fourth-order valence-corrected chi connectivity index (χ4v) is 3.68. The lowest BCUT2D eigenvalue weighted by atomic mass is 9.92. The molecule has 2 unspecified atom stereocenters. The van der Waals surface area contributed by atoms with Crippen LogP contribution < -0.4 is 10.9 Å². The zero-order chi connectivity index (χ0) is 17.6. The first-order valence-corrected chi connectivity index (χ1v) is 9.36. The molecule has 136 valence electrons. The molecule has 2 aliphatic rings. The lowest BCUT2D eigenvalue weighted by Crippen LogP contribution is -2.49. The molecule has 1 aromatic carbocycles. The van der Waals surface area contributed by atoms with Crippen LogP contribution in [-0.2, 0) is 4.79 Å². The molecule has 5 heteroatoms. The average Bonchev–Trinajstić information content (AvgIpc) is 2.95. The van der Waals surface area contributed by atoms with Crippen LogP contribution in [0.15, 0.2) is 36.4 Å². The van der Waals surface area contributed by atoms with E-state index in [4.69, 9.17) is 0 Å². The molecule has 25 heavy (non-hydrogen) atoms. The van der Waals surface area contributed by atoms with E-state index < -0.39 is 0 Å². The standard InChI is InChI=1S/C20H30N4O/c1-16-19(17(2)22-21-16)15-20(25)24-13-11-23(12-14-24)10-6-9-18-7-4-3-5-8-18/h3-9,16-17,19,21-22H,10-15H2,1-2H3/b9-6+. The van der Waals surface area contributed by atoms with Gasteiger partial charge in [0.05, 0.1) is 0 Å². The number of rotatable bonds is 5. The molecular formula is C20H30N4O. The van der Waals surface area contributed by atoms with Crippen LogP contribution in [0.2, 0.25) is 0 Å². The van der Waals surface area contributed by atoms with Crippen molar-refractivity contribution in [3.63, 3.8) is 0 Å². The Morgan fingerprint density at radius 2 is 1.72 bits per heavy atom. The van der Waals surface area contributed by atoms with Gasteiger partial charge in [-0.05, 0) is 19.4 Å². The summed E-state index contributed by atoms with van der Waals surface area (Å²) < 4.78 is 0. The molecule has 0 radical (unpaired) electrons. The number of amides is 1. The quantitative estimate of drug-likeness (QED) is 0.856. The van der Waals surface area contributed by atoms with E-state index in [0.29, 0.717) is 30.3 Å². The van der Waals surface area contributed by atoms with Crippen LogP contribution in [0.1, 0.15) is 25.8 Å². The smallest absolute Gasteiger partial charge is 0.223 e. The van der Waals surface area contributed by atoms with Crippen molar-refractivity contribution in [2.45, 2.75) is 32.4 Å². The van der Waals surface area contributed by atoms with E-state index in [1.54, 1.807) is 0 Å². The van der Waals surface area contributed by atoms with Crippen molar-refractivity contribution in [1.82, 2.24) is 20.7 Å². The number of carbonyl (C=O) groups is 1. The monoisotopic (exact) mass is 342 g/mol. The lowest BCUT2D eigenvalue weighted by molar-refractivity contribution is -0.134. The molecule has 0 saturated carbocycles. The summed E-state index contributed by atoms with van der Waals surface area (Å²) in [6.45, 7) is 8.83. The highest BCUT2D eigenvalue weighted by atomic mass is 16.2. The van der Waals surface area contributed by atoms with E-state index in [9.17, 15) is 4.79 Å². The number of nitrogens with zero attached hydrogens (tertiary/aromatic N) is 2. The van der Waals surface area contributed by atoms with Crippen LogP contribution in [-0.4, -0.2) is 60.5 Å². The largest absolute Gasteiger partial charge is 0.340 e. The van der Waals surface area contributed by atoms with E-state index in [1.807, 2.05) is 11.0 Å². The maximum Gasteiger partial charge on any atom is 0.223 e. The summed E-state index contributed by atoms with van der Waals surface area (Å²) in [4.78, 5) is 17.0. The first-order valence-electron chi connectivity index (χ1n) is 9.36. The molecule has 2 N–H and O–H groups in total. The van der Waals surface area contributed by atoms with Gasteiger partial charge in [-0.15, -0.1) is 0 Å². The molecule has 2 saturated heterocycles. The Labute approximate surface area is 151 Å². The number of benzene rings is 1. The van der Waals surface area contributed by atoms with E-state index in [1.165, 1.54) is 5.56 Å². The summed E-state index contributed by atoms with van der Waals surface area (Å²) in [5, 5.41) is 0. The minimum absolute atomic E-state index is 0.300. The molecule has 1 amide bonds. The van der Waals surface area contributed by atoms with Crippen LogP contribution in [0.3, 0.4) is 0 Å². The second-order valence-electron chi connectivity index (χ2n) is 7.23. The van der Waals surface area contributed by atoms with Gasteiger partial charge in [0.1, 0.15) is 0 Å². The van der Waals surface area contributed by atoms with Gasteiger partial charge in [0.15, 0.2) is 0 Å². The molecule has 3 rings (SSSR count). The Morgan fingerprint density at radius 3 is 2.36 bits per heavy atom. The van der Waals surface area contributed by atoms with Crippen molar-refractivity contribution in [3.05, 3.63) is 42.0 Å². The van der Waals surface area contributed by atoms with Gasteiger partial charge < -0.3 is 4.90 Å². The molecule has 2 atom stereocenters. The first-order chi connectivity index (χ1) is 12.1. The summed E-state index contributed by atoms with van der Waals surface area (Å²) >= 11 is 0. The fraction of sp³-hybridized carbons (Fsp3) is 0.550. The molecule has 2 heterocycles. The van der Waals surface area contributed by atoms with Crippen molar-refractivity contribution >= 4 is 12.0 Å². The number of nitrogens with one attached hydrogen (secondary N) is 2. The Morgan fingerprint density at radius 1 is 1.08 bits per heavy atom. The Kier molecular flexibility index (Phi) is 6.24. The molecular weight excluding hydrogens is 312 g/mol. The highest BCUT2D eigenvalue weighted by Gasteiger charge is 2.33. The van der Waals surface area contributed by atoms with E-state index in [0.717, 1.165) is 32.7 Å². The highest BCUT2D eigenvalue weighted by molar-refractivity contribution is 5.76. The molecule has 0 bridgehead atoms. The van der Waals surface area contributed by atoms with Gasteiger partial charge in [-0.2, -0.15) is 0 Å². The predicted octanol–water partition coefficient (Wildman–Crippen LogP) is 1.74. The number of hydrogen-bond donors (Lipinski definition) is 2. The fourth-order valence-electron chi connectivity index (χ4n) is 3.68. The van der Waals surface area contributed by atoms with Gasteiger partial charge in [0, 0.05) is 57.1 Å². The highest BCUT2D eigenvalue weighted by Crippen LogP contribution is 2.20. The van der Waals surface area contributed by atoms with Gasteiger partial charge in [0.25, 0.3) is 0 Å². The van der Waals surface area contributed by atoms with Gasteiger partial charge in [0.2, 0.25) is 5.91 Å². The molecule has 0 aromatic heterocycles. The maximum atomic E-state index is 12.6. The minimum Gasteiger partial charge on any atom is -0.340 e. The van der Waals surface area contributed by atoms with Crippen molar-refractivity contribution in [2.24, 2.45) is 5.92 Å². The Balaban J connectivity index is 1.41. The van der Waals surface area contributed by atoms with Crippen LogP contribution in [0.5, 0.6) is 0 Å². The summed E-state index contributed by atoms with van der Waals surface area (Å²) in [6.07, 6.45) is 5.02. The van der Waals surface area contributed by atoms with Crippen LogP contribution in [0.4, 0.5) is 0 Å². The number of hydrazine groups is 1. The van der Waals surface area contributed by atoms with E-state index in [2.05, 4.69) is 66.0 Å². The minimum atomic E-state index is 0.300. The average molecular weight is 342 g/mol. The zero-order valence-corrected chi connectivity index (χ0v) is 15.3. The molecule has 0 spiro atoms. The Hall–Kier alpha value is -1.69. The van der Waals surface area contributed by atoms with Gasteiger partial charge in [-0.3, -0.25) is 20.5 Å². The summed E-state index contributed by atoms with van der Waals surface area (Å²) in [5.41, 5.74) is 7.70. The Bertz CT molecular complexity index is 571. The second kappa shape index (κ2) is 8.61. The zero-order valence-electron chi connectivity index (χ0n) is 15.3. The third kappa shape index (κ3) is 4.91. The summed E-state index contributed by atoms with van der Waals surface area (Å²) in [6, 6.07) is 11.1. The first kappa shape index (κ1) is 18.1. The van der Waals surface area contributed by atoms with Gasteiger partial charge >= 0.3 is 0 Å². The number of piperazine rings is 1. The van der Waals surface area contributed by atoms with Crippen LogP contribution in [0, 0.1) is 5.92 Å². The van der Waals surface area contributed by atoms with Crippen molar-refractivity contribution < 1.29 is 4.79 Å². The predicted molar refractivity (Wildman–Crippen MR) is 102 cm³/mol. The number of hydrogen-bond acceptors (Lipinski definition) is 4. The second-order valence-corrected chi connectivity index (χ2v) is 7.23. The van der Waals surface area contributed by atoms with Crippen LogP contribution >= 0.6 is 0 Å². The summed E-state index contributed by atoms with van der Waals surface area (Å²) in [7, 11) is 0. The SMILES string of the molecule is CC1NNC(C)C1CC(=O)N1CCN(C/C=C/c2ccccc2)CC1. The summed E-state index contributed by atoms with van der Waals surface area (Å²) in [5.74, 6) is 0.674. The van der Waals surface area contributed by atoms with Gasteiger partial charge in [-0.1, -0.05) is 42.5 Å². The van der Waals surface area contributed by atoms with E-state index >= 15 is 0 Å². The third-order valence-corrected chi connectivity index (χ3v) is 5.43. The van der Waals surface area contributed by atoms with E-state index in [-0.39, 0.29) is 0 Å². The third-order valence-electron chi connectivity index (χ3n) is 5.43. The van der Waals surface area contributed by atoms with Crippen molar-refractivity contribution in [1.29, 1.82) is 0 Å². The lowest BCUT2D eigenvalue weighted by Gasteiger charge is -2.35. The topological polar surface area (TPSA) is 47.6 Å². The van der Waals surface area contributed by atoms with Crippen LogP contribution in [0.25, 0.3) is 6.08 Å². The molecule has 2 aliphatic heterocycles. The van der Waals surface area contributed by atoms with Crippen molar-refractivity contribution in [3.8, 4) is 0 Å². The molecule has 1 aromatic rings. The molecule has 5 nitrogen and oxygen atoms in total. The molecule has 0 aliphatic carbocycles. The molecule has 2 fully saturated rings. The van der Waals surface area contributed by atoms with Crippen molar-refractivity contribution in [2.75, 3.05) is 32.7 Å². The van der Waals surface area contributed by atoms with Gasteiger partial charge in [-0.25, -0.2) is 0 Å². The number of carbonyl (C=O) groups excluding carboxylic acids is 1. The maximum absolute atomic E-state index is 12.6. The normalized spacial score (nSPS) is 27.9.